The van der Waals surface area contributed by atoms with Crippen molar-refractivity contribution in [1.82, 2.24) is 0 Å². The van der Waals surface area contributed by atoms with Gasteiger partial charge in [0.1, 0.15) is 5.69 Å². The fourth-order valence-corrected chi connectivity index (χ4v) is 3.43. The number of rotatable bonds is 4. The predicted octanol–water partition coefficient (Wildman–Crippen LogP) is 4.76. The van der Waals surface area contributed by atoms with Gasteiger partial charge in [0.25, 0.3) is 5.69 Å². The highest BCUT2D eigenvalue weighted by atomic mass is 35.5. The van der Waals surface area contributed by atoms with Crippen molar-refractivity contribution < 1.29 is 9.72 Å². The molecule has 0 unspecified atom stereocenters. The Kier molecular flexibility index (Phi) is 5.64. The van der Waals surface area contributed by atoms with Crippen LogP contribution in [0.2, 0.25) is 10.0 Å². The molecule has 1 aliphatic rings. The van der Waals surface area contributed by atoms with Crippen molar-refractivity contribution in [3.8, 4) is 0 Å². The number of amides is 1. The van der Waals surface area contributed by atoms with Crippen LogP contribution >= 0.6 is 23.2 Å². The maximum Gasteiger partial charge on any atom is 0.292 e. The molecular formula is C18H17Cl2N3O3. The summed E-state index contributed by atoms with van der Waals surface area (Å²) in [6.45, 7) is 1.15. The highest BCUT2D eigenvalue weighted by Crippen LogP contribution is 2.32. The van der Waals surface area contributed by atoms with Crippen molar-refractivity contribution in [2.75, 3.05) is 23.3 Å². The van der Waals surface area contributed by atoms with Crippen molar-refractivity contribution in [2.24, 2.45) is 5.92 Å². The van der Waals surface area contributed by atoms with Crippen LogP contribution < -0.4 is 10.2 Å². The molecule has 0 spiro atoms. The summed E-state index contributed by atoms with van der Waals surface area (Å²) in [5.74, 6) is -0.291. The third kappa shape index (κ3) is 4.08. The number of nitro groups is 1. The van der Waals surface area contributed by atoms with E-state index >= 15 is 0 Å². The molecule has 1 N–H and O–H groups in total. The number of nitro benzene ring substituents is 1. The van der Waals surface area contributed by atoms with Crippen molar-refractivity contribution in [3.05, 3.63) is 62.6 Å². The smallest absolute Gasteiger partial charge is 0.292 e. The maximum atomic E-state index is 12.5. The van der Waals surface area contributed by atoms with E-state index in [9.17, 15) is 14.9 Å². The predicted molar refractivity (Wildman–Crippen MR) is 103 cm³/mol. The molecule has 2 aromatic carbocycles. The number of carbonyl (C=O) groups excluding carboxylic acids is 1. The third-order valence-electron chi connectivity index (χ3n) is 4.47. The Balaban J connectivity index is 1.64. The minimum absolute atomic E-state index is 0.0844. The molecule has 0 atom stereocenters. The van der Waals surface area contributed by atoms with E-state index in [0.29, 0.717) is 47.4 Å². The normalized spacial score (nSPS) is 14.9. The molecular weight excluding hydrogens is 377 g/mol. The fraction of sp³-hybridized carbons (Fsp3) is 0.278. The molecule has 1 aliphatic heterocycles. The first-order valence-corrected chi connectivity index (χ1v) is 8.95. The second kappa shape index (κ2) is 7.93. The van der Waals surface area contributed by atoms with E-state index in [2.05, 4.69) is 5.32 Å². The highest BCUT2D eigenvalue weighted by molar-refractivity contribution is 6.35. The second-order valence-corrected chi connectivity index (χ2v) is 6.96. The molecule has 6 nitrogen and oxygen atoms in total. The third-order valence-corrected chi connectivity index (χ3v) is 5.04. The number of benzene rings is 2. The van der Waals surface area contributed by atoms with E-state index in [1.165, 1.54) is 6.07 Å². The molecule has 1 fully saturated rings. The highest BCUT2D eigenvalue weighted by Gasteiger charge is 2.28. The average Bonchev–Trinajstić information content (AvgIpc) is 2.65. The molecule has 0 aromatic heterocycles. The number of para-hydroxylation sites is 2. The van der Waals surface area contributed by atoms with Gasteiger partial charge in [-0.2, -0.15) is 0 Å². The van der Waals surface area contributed by atoms with E-state index in [-0.39, 0.29) is 22.4 Å². The molecule has 0 radical (unpaired) electrons. The number of nitrogens with one attached hydrogen (secondary N) is 1. The zero-order valence-electron chi connectivity index (χ0n) is 13.8. The molecule has 1 heterocycles. The van der Waals surface area contributed by atoms with Gasteiger partial charge in [-0.05, 0) is 37.1 Å². The molecule has 0 aliphatic carbocycles. The summed E-state index contributed by atoms with van der Waals surface area (Å²) in [5.41, 5.74) is 1.17. The van der Waals surface area contributed by atoms with Crippen molar-refractivity contribution in [3.63, 3.8) is 0 Å². The number of anilines is 2. The van der Waals surface area contributed by atoms with Crippen LogP contribution in [0.4, 0.5) is 17.1 Å². The summed E-state index contributed by atoms with van der Waals surface area (Å²) in [6, 6.07) is 11.6. The standard InChI is InChI=1S/C18H17Cl2N3O3/c19-13-5-6-14(20)15(11-13)21-18(24)12-7-9-22(10-8-12)16-3-1-2-4-17(16)23(25)26/h1-6,11-12H,7-10H2,(H,21,24). The minimum Gasteiger partial charge on any atom is -0.366 e. The first kappa shape index (κ1) is 18.5. The molecule has 2 aromatic rings. The summed E-state index contributed by atoms with van der Waals surface area (Å²) in [6.07, 6.45) is 1.21. The van der Waals surface area contributed by atoms with E-state index in [1.807, 2.05) is 4.90 Å². The Morgan fingerprint density at radius 3 is 2.54 bits per heavy atom. The van der Waals surface area contributed by atoms with Crippen LogP contribution in [0, 0.1) is 16.0 Å². The van der Waals surface area contributed by atoms with Gasteiger partial charge >= 0.3 is 0 Å². The summed E-state index contributed by atoms with van der Waals surface area (Å²) in [5, 5.41) is 14.9. The molecule has 136 valence electrons. The summed E-state index contributed by atoms with van der Waals surface area (Å²) >= 11 is 12.0. The first-order valence-electron chi connectivity index (χ1n) is 8.20. The van der Waals surface area contributed by atoms with Gasteiger partial charge in [0.2, 0.25) is 5.91 Å². The number of hydrogen-bond acceptors (Lipinski definition) is 4. The van der Waals surface area contributed by atoms with Crippen LogP contribution in [0.25, 0.3) is 0 Å². The van der Waals surface area contributed by atoms with Crippen LogP contribution in [0.5, 0.6) is 0 Å². The van der Waals surface area contributed by atoms with Gasteiger partial charge in [0.05, 0.1) is 15.6 Å². The van der Waals surface area contributed by atoms with Crippen molar-refractivity contribution in [2.45, 2.75) is 12.8 Å². The Morgan fingerprint density at radius 2 is 1.85 bits per heavy atom. The minimum atomic E-state index is -0.380. The molecule has 3 rings (SSSR count). The molecule has 1 saturated heterocycles. The van der Waals surface area contributed by atoms with Crippen LogP contribution in [0.3, 0.4) is 0 Å². The number of piperidine rings is 1. The molecule has 8 heteroatoms. The monoisotopic (exact) mass is 393 g/mol. The Bertz CT molecular complexity index is 836. The van der Waals surface area contributed by atoms with Crippen LogP contribution in [0.15, 0.2) is 42.5 Å². The SMILES string of the molecule is O=C(Nc1cc(Cl)ccc1Cl)C1CCN(c2ccccc2[N+](=O)[O-])CC1. The molecule has 0 saturated carbocycles. The lowest BCUT2D eigenvalue weighted by atomic mass is 9.95. The maximum absolute atomic E-state index is 12.5. The van der Waals surface area contributed by atoms with Crippen LogP contribution in [-0.4, -0.2) is 23.9 Å². The van der Waals surface area contributed by atoms with Gasteiger partial charge in [0.15, 0.2) is 0 Å². The second-order valence-electron chi connectivity index (χ2n) is 6.12. The van der Waals surface area contributed by atoms with Gasteiger partial charge < -0.3 is 10.2 Å². The number of hydrogen-bond donors (Lipinski definition) is 1. The van der Waals surface area contributed by atoms with Crippen LogP contribution in [0.1, 0.15) is 12.8 Å². The van der Waals surface area contributed by atoms with Crippen molar-refractivity contribution >= 4 is 46.2 Å². The van der Waals surface area contributed by atoms with E-state index in [1.54, 1.807) is 36.4 Å². The zero-order chi connectivity index (χ0) is 18.7. The Morgan fingerprint density at radius 1 is 1.15 bits per heavy atom. The first-order chi connectivity index (χ1) is 12.5. The van der Waals surface area contributed by atoms with E-state index in [0.717, 1.165) is 0 Å². The lowest BCUT2D eigenvalue weighted by molar-refractivity contribution is -0.384. The quantitative estimate of drug-likeness (QED) is 0.600. The van der Waals surface area contributed by atoms with E-state index in [4.69, 9.17) is 23.2 Å². The molecule has 0 bridgehead atoms. The molecule has 26 heavy (non-hydrogen) atoms. The van der Waals surface area contributed by atoms with E-state index < -0.39 is 0 Å². The summed E-state index contributed by atoms with van der Waals surface area (Å²) in [7, 11) is 0. The Labute approximate surface area is 160 Å². The van der Waals surface area contributed by atoms with Gasteiger partial charge in [0, 0.05) is 30.1 Å². The lowest BCUT2D eigenvalue weighted by Gasteiger charge is -2.32. The number of nitrogens with zero attached hydrogens (tertiary/aromatic N) is 2. The van der Waals surface area contributed by atoms with Gasteiger partial charge in [-0.3, -0.25) is 14.9 Å². The Hall–Kier alpha value is -2.31. The largest absolute Gasteiger partial charge is 0.366 e. The lowest BCUT2D eigenvalue weighted by Crippen LogP contribution is -2.38. The zero-order valence-corrected chi connectivity index (χ0v) is 15.3. The summed E-state index contributed by atoms with van der Waals surface area (Å²) < 4.78 is 0. The number of carbonyl (C=O) groups is 1. The van der Waals surface area contributed by atoms with Crippen molar-refractivity contribution in [1.29, 1.82) is 0 Å². The van der Waals surface area contributed by atoms with Gasteiger partial charge in [-0.25, -0.2) is 0 Å². The van der Waals surface area contributed by atoms with Gasteiger partial charge in [-0.15, -0.1) is 0 Å². The average molecular weight is 394 g/mol. The van der Waals surface area contributed by atoms with Gasteiger partial charge in [-0.1, -0.05) is 35.3 Å². The fourth-order valence-electron chi connectivity index (χ4n) is 3.10. The van der Waals surface area contributed by atoms with Crippen LogP contribution in [-0.2, 0) is 4.79 Å². The number of halogens is 2. The topological polar surface area (TPSA) is 75.5 Å². The summed E-state index contributed by atoms with van der Waals surface area (Å²) in [4.78, 5) is 25.3. The molecule has 1 amide bonds.